The predicted molar refractivity (Wildman–Crippen MR) is 157 cm³/mol. The second kappa shape index (κ2) is 17.0. The van der Waals surface area contributed by atoms with Crippen molar-refractivity contribution in [3.63, 3.8) is 0 Å². The molecule has 3 rings (SSSR count). The lowest BCUT2D eigenvalue weighted by Crippen LogP contribution is -2.10. The smallest absolute Gasteiger partial charge is 0.343 e. The summed E-state index contributed by atoms with van der Waals surface area (Å²) >= 11 is 0. The molecular formula is C33H34O10. The van der Waals surface area contributed by atoms with Gasteiger partial charge in [0, 0.05) is 30.6 Å². The number of hydrogen-bond acceptors (Lipinski definition) is 10. The van der Waals surface area contributed by atoms with Gasteiger partial charge in [-0.05, 0) is 79.2 Å². The van der Waals surface area contributed by atoms with Gasteiger partial charge in [-0.2, -0.15) is 0 Å². The minimum absolute atomic E-state index is 0.223. The molecule has 0 amide bonds. The number of esters is 3. The Balaban J connectivity index is 1.44. The highest BCUT2D eigenvalue weighted by Crippen LogP contribution is 2.28. The fraction of sp³-hybridized carbons (Fsp3) is 0.242. The van der Waals surface area contributed by atoms with E-state index in [1.54, 1.807) is 73.7 Å². The first-order valence-corrected chi connectivity index (χ1v) is 13.5. The summed E-state index contributed by atoms with van der Waals surface area (Å²) in [6.07, 6.45) is 2.01. The van der Waals surface area contributed by atoms with E-state index in [4.69, 9.17) is 28.4 Å². The van der Waals surface area contributed by atoms with Crippen molar-refractivity contribution < 1.29 is 47.9 Å². The van der Waals surface area contributed by atoms with Crippen molar-refractivity contribution in [3.8, 4) is 23.0 Å². The maximum absolute atomic E-state index is 12.6. The van der Waals surface area contributed by atoms with E-state index < -0.39 is 24.2 Å². The predicted octanol–water partition coefficient (Wildman–Crippen LogP) is 5.28. The van der Waals surface area contributed by atoms with Crippen LogP contribution in [0.2, 0.25) is 0 Å². The van der Waals surface area contributed by atoms with Gasteiger partial charge < -0.3 is 33.5 Å². The fourth-order valence-electron chi connectivity index (χ4n) is 3.55. The van der Waals surface area contributed by atoms with Gasteiger partial charge in [0.25, 0.3) is 0 Å². The van der Waals surface area contributed by atoms with Crippen molar-refractivity contribution in [2.75, 3.05) is 26.4 Å². The Bertz CT molecular complexity index is 1380. The Labute approximate surface area is 250 Å². The van der Waals surface area contributed by atoms with Gasteiger partial charge in [0.2, 0.25) is 6.29 Å². The molecular weight excluding hydrogens is 556 g/mol. The third-order valence-corrected chi connectivity index (χ3v) is 5.79. The molecule has 10 heteroatoms. The van der Waals surface area contributed by atoms with Crippen LogP contribution in [0.4, 0.5) is 0 Å². The first kappa shape index (κ1) is 32.4. The summed E-state index contributed by atoms with van der Waals surface area (Å²) in [5.41, 5.74) is 1.51. The highest BCUT2D eigenvalue weighted by Gasteiger charge is 2.14. The lowest BCUT2D eigenvalue weighted by Gasteiger charge is -2.17. The van der Waals surface area contributed by atoms with E-state index in [0.717, 1.165) is 12.2 Å². The third kappa shape index (κ3) is 11.0. The first-order valence-electron chi connectivity index (χ1n) is 13.5. The van der Waals surface area contributed by atoms with Crippen LogP contribution in [-0.4, -0.2) is 49.4 Å². The maximum Gasteiger partial charge on any atom is 0.343 e. The molecule has 0 fully saturated rings. The van der Waals surface area contributed by atoms with Crippen LogP contribution in [-0.2, 0) is 19.1 Å². The number of ether oxygens (including phenoxy) is 6. The van der Waals surface area contributed by atoms with E-state index >= 15 is 0 Å². The molecule has 3 aromatic carbocycles. The highest BCUT2D eigenvalue weighted by atomic mass is 16.6. The molecule has 0 aromatic heterocycles. The van der Waals surface area contributed by atoms with Crippen LogP contribution < -0.4 is 18.9 Å². The largest absolute Gasteiger partial charge is 0.493 e. The van der Waals surface area contributed by atoms with E-state index in [9.17, 15) is 19.5 Å². The van der Waals surface area contributed by atoms with E-state index in [-0.39, 0.29) is 13.2 Å². The van der Waals surface area contributed by atoms with E-state index in [1.807, 2.05) is 0 Å². The lowest BCUT2D eigenvalue weighted by atomic mass is 10.2. The molecule has 0 aliphatic carbocycles. The SMILES string of the molecule is C=CC(=O)OCCCOc1ccc(C(=O)Oc2ccc(OC(O)c3ccc(OCCCOC(=O)C=C)cc3)c(C)c2)cc1. The maximum atomic E-state index is 12.6. The molecule has 226 valence electrons. The topological polar surface area (TPSA) is 127 Å². The number of aliphatic hydroxyl groups excluding tert-OH is 1. The van der Waals surface area contributed by atoms with E-state index in [0.29, 0.717) is 65.7 Å². The average molecular weight is 591 g/mol. The molecule has 0 saturated carbocycles. The Morgan fingerprint density at radius 1 is 0.744 bits per heavy atom. The highest BCUT2D eigenvalue weighted by molar-refractivity contribution is 5.91. The number of aryl methyl sites for hydroxylation is 1. The third-order valence-electron chi connectivity index (χ3n) is 5.79. The molecule has 0 spiro atoms. The summed E-state index contributed by atoms with van der Waals surface area (Å²) in [4.78, 5) is 34.7. The Morgan fingerprint density at radius 2 is 1.26 bits per heavy atom. The molecule has 0 radical (unpaired) electrons. The van der Waals surface area contributed by atoms with Crippen molar-refractivity contribution in [2.45, 2.75) is 26.1 Å². The molecule has 43 heavy (non-hydrogen) atoms. The Hall–Kier alpha value is -5.09. The molecule has 0 aliphatic rings. The monoisotopic (exact) mass is 590 g/mol. The molecule has 1 unspecified atom stereocenters. The zero-order valence-corrected chi connectivity index (χ0v) is 23.9. The minimum Gasteiger partial charge on any atom is -0.493 e. The number of carbonyl (C=O) groups is 3. The lowest BCUT2D eigenvalue weighted by molar-refractivity contribution is -0.138. The molecule has 0 saturated heterocycles. The van der Waals surface area contributed by atoms with E-state index in [2.05, 4.69) is 13.2 Å². The minimum atomic E-state index is -1.23. The van der Waals surface area contributed by atoms with Crippen LogP contribution in [0.1, 0.15) is 40.6 Å². The molecule has 10 nitrogen and oxygen atoms in total. The van der Waals surface area contributed by atoms with Gasteiger partial charge in [-0.25, -0.2) is 14.4 Å². The zero-order valence-electron chi connectivity index (χ0n) is 23.9. The molecule has 0 heterocycles. The molecule has 0 bridgehead atoms. The van der Waals surface area contributed by atoms with Crippen molar-refractivity contribution >= 4 is 17.9 Å². The van der Waals surface area contributed by atoms with Crippen molar-refractivity contribution in [1.82, 2.24) is 0 Å². The van der Waals surface area contributed by atoms with Crippen LogP contribution in [0.5, 0.6) is 23.0 Å². The number of carbonyl (C=O) groups excluding carboxylic acids is 3. The quantitative estimate of drug-likeness (QED) is 0.0729. The molecule has 3 aromatic rings. The summed E-state index contributed by atoms with van der Waals surface area (Å²) in [6.45, 7) is 9.59. The van der Waals surface area contributed by atoms with Crippen LogP contribution >= 0.6 is 0 Å². The number of aliphatic hydroxyl groups is 1. The van der Waals surface area contributed by atoms with Gasteiger partial charge in [0.15, 0.2) is 0 Å². The zero-order chi connectivity index (χ0) is 31.0. The Kier molecular flexibility index (Phi) is 12.8. The van der Waals surface area contributed by atoms with Gasteiger partial charge in [-0.3, -0.25) is 0 Å². The number of hydrogen-bond donors (Lipinski definition) is 1. The Morgan fingerprint density at radius 3 is 1.77 bits per heavy atom. The van der Waals surface area contributed by atoms with Gasteiger partial charge in [-0.1, -0.05) is 13.2 Å². The second-order valence-electron chi connectivity index (χ2n) is 9.03. The molecule has 0 aliphatic heterocycles. The average Bonchev–Trinajstić information content (AvgIpc) is 3.02. The van der Waals surface area contributed by atoms with Gasteiger partial charge in [0.1, 0.15) is 23.0 Å². The fourth-order valence-corrected chi connectivity index (χ4v) is 3.55. The van der Waals surface area contributed by atoms with Crippen molar-refractivity contribution in [3.05, 3.63) is 109 Å². The number of rotatable bonds is 17. The van der Waals surface area contributed by atoms with Crippen molar-refractivity contribution in [2.24, 2.45) is 0 Å². The summed E-state index contributed by atoms with van der Waals surface area (Å²) in [7, 11) is 0. The summed E-state index contributed by atoms with van der Waals surface area (Å²) in [6, 6.07) is 18.1. The molecule has 1 atom stereocenters. The first-order chi connectivity index (χ1) is 20.8. The van der Waals surface area contributed by atoms with E-state index in [1.165, 1.54) is 0 Å². The van der Waals surface area contributed by atoms with Gasteiger partial charge in [0.05, 0.1) is 32.0 Å². The summed E-state index contributed by atoms with van der Waals surface area (Å²) < 4.78 is 32.2. The standard InChI is InChI=1S/C33H34O10/c1-4-30(34)40-20-6-18-38-26-12-8-24(9-13-26)32(36)42-28-16-17-29(23(3)22-28)43-33(37)25-10-14-27(15-11-25)39-19-7-21-41-31(35)5-2/h4-5,8-17,22,33,37H,1-2,6-7,18-21H2,3H3. The summed E-state index contributed by atoms with van der Waals surface area (Å²) in [5.74, 6) is 0.398. The van der Waals surface area contributed by atoms with Crippen molar-refractivity contribution in [1.29, 1.82) is 0 Å². The van der Waals surface area contributed by atoms with Crippen LogP contribution in [0.3, 0.4) is 0 Å². The second-order valence-corrected chi connectivity index (χ2v) is 9.03. The molecule has 1 N–H and O–H groups in total. The normalized spacial score (nSPS) is 11.0. The van der Waals surface area contributed by atoms with Crippen LogP contribution in [0.25, 0.3) is 0 Å². The van der Waals surface area contributed by atoms with Gasteiger partial charge >= 0.3 is 17.9 Å². The number of benzene rings is 3. The van der Waals surface area contributed by atoms with Gasteiger partial charge in [-0.15, -0.1) is 0 Å². The van der Waals surface area contributed by atoms with Crippen LogP contribution in [0.15, 0.2) is 92.0 Å². The van der Waals surface area contributed by atoms with Crippen LogP contribution in [0, 0.1) is 6.92 Å². The summed E-state index contributed by atoms with van der Waals surface area (Å²) in [5, 5.41) is 10.6.